The van der Waals surface area contributed by atoms with E-state index in [-0.39, 0.29) is 5.91 Å². The van der Waals surface area contributed by atoms with Crippen LogP contribution >= 0.6 is 23.2 Å². The van der Waals surface area contributed by atoms with Gasteiger partial charge in [-0.05, 0) is 42.7 Å². The lowest BCUT2D eigenvalue weighted by atomic mass is 10.1. The van der Waals surface area contributed by atoms with Gasteiger partial charge < -0.3 is 5.32 Å². The van der Waals surface area contributed by atoms with Crippen LogP contribution in [0.25, 0.3) is 5.69 Å². The highest BCUT2D eigenvalue weighted by atomic mass is 35.5. The Bertz CT molecular complexity index is 902. The molecule has 1 aromatic heterocycles. The van der Waals surface area contributed by atoms with Crippen LogP contribution in [0.1, 0.15) is 35.0 Å². The number of halogens is 2. The van der Waals surface area contributed by atoms with E-state index in [1.807, 2.05) is 41.1 Å². The standard InChI is InChI=1S/C21H21Cl2N3O/c1-2-7-20-17(14-25-26(20)15-8-4-3-5-9-15)21(27)24-13-12-16-18(22)10-6-11-19(16)23/h3-6,8-11,14H,2,7,12-13H2,1H3,(H,24,27). The van der Waals surface area contributed by atoms with Gasteiger partial charge in [0.05, 0.1) is 23.1 Å². The lowest BCUT2D eigenvalue weighted by Gasteiger charge is -2.10. The maximum absolute atomic E-state index is 12.7. The summed E-state index contributed by atoms with van der Waals surface area (Å²) in [6, 6.07) is 15.2. The van der Waals surface area contributed by atoms with Gasteiger partial charge in [-0.25, -0.2) is 4.68 Å². The van der Waals surface area contributed by atoms with Crippen LogP contribution in [-0.2, 0) is 12.8 Å². The number of hydrogen-bond acceptors (Lipinski definition) is 2. The van der Waals surface area contributed by atoms with Crippen molar-refractivity contribution in [2.75, 3.05) is 6.54 Å². The SMILES string of the molecule is CCCc1c(C(=O)NCCc2c(Cl)cccc2Cl)cnn1-c1ccccc1. The fourth-order valence-corrected chi connectivity index (χ4v) is 3.59. The molecule has 2 aromatic carbocycles. The molecule has 0 fully saturated rings. The molecule has 6 heteroatoms. The molecule has 140 valence electrons. The maximum atomic E-state index is 12.7. The van der Waals surface area contributed by atoms with Crippen molar-refractivity contribution in [2.45, 2.75) is 26.2 Å². The summed E-state index contributed by atoms with van der Waals surface area (Å²) < 4.78 is 1.84. The summed E-state index contributed by atoms with van der Waals surface area (Å²) in [7, 11) is 0. The van der Waals surface area contributed by atoms with Crippen molar-refractivity contribution in [3.05, 3.63) is 81.6 Å². The Morgan fingerprint density at radius 3 is 2.41 bits per heavy atom. The summed E-state index contributed by atoms with van der Waals surface area (Å²) >= 11 is 12.4. The van der Waals surface area contributed by atoms with E-state index >= 15 is 0 Å². The molecule has 0 saturated carbocycles. The van der Waals surface area contributed by atoms with Crippen LogP contribution in [0, 0.1) is 0 Å². The molecule has 0 bridgehead atoms. The summed E-state index contributed by atoms with van der Waals surface area (Å²) in [6.07, 6.45) is 3.90. The van der Waals surface area contributed by atoms with Crippen molar-refractivity contribution in [1.29, 1.82) is 0 Å². The van der Waals surface area contributed by atoms with Crippen LogP contribution in [0.15, 0.2) is 54.7 Å². The Kier molecular flexibility index (Phi) is 6.54. The van der Waals surface area contributed by atoms with Gasteiger partial charge in [0.2, 0.25) is 0 Å². The van der Waals surface area contributed by atoms with E-state index in [2.05, 4.69) is 17.3 Å². The quantitative estimate of drug-likeness (QED) is 0.598. The number of para-hydroxylation sites is 1. The van der Waals surface area contributed by atoms with Gasteiger partial charge in [0.25, 0.3) is 5.91 Å². The summed E-state index contributed by atoms with van der Waals surface area (Å²) in [5.41, 5.74) is 3.31. The fourth-order valence-electron chi connectivity index (χ4n) is 3.00. The zero-order valence-corrected chi connectivity index (χ0v) is 16.6. The molecule has 0 radical (unpaired) electrons. The van der Waals surface area contributed by atoms with E-state index < -0.39 is 0 Å². The van der Waals surface area contributed by atoms with Gasteiger partial charge in [-0.1, -0.05) is 60.8 Å². The second-order valence-corrected chi connectivity index (χ2v) is 7.02. The van der Waals surface area contributed by atoms with E-state index in [1.54, 1.807) is 18.3 Å². The number of aromatic nitrogens is 2. The second kappa shape index (κ2) is 9.07. The molecule has 0 atom stereocenters. The number of carbonyl (C=O) groups is 1. The van der Waals surface area contributed by atoms with Crippen LogP contribution in [0.2, 0.25) is 10.0 Å². The molecular weight excluding hydrogens is 381 g/mol. The molecule has 27 heavy (non-hydrogen) atoms. The van der Waals surface area contributed by atoms with Gasteiger partial charge in [-0.15, -0.1) is 0 Å². The van der Waals surface area contributed by atoms with Crippen LogP contribution in [0.5, 0.6) is 0 Å². The predicted octanol–water partition coefficient (Wildman–Crippen LogP) is 5.10. The molecule has 1 N–H and O–H groups in total. The van der Waals surface area contributed by atoms with Gasteiger partial charge in [0.15, 0.2) is 0 Å². The van der Waals surface area contributed by atoms with Gasteiger partial charge in [0.1, 0.15) is 0 Å². The number of hydrogen-bond donors (Lipinski definition) is 1. The fraction of sp³-hybridized carbons (Fsp3) is 0.238. The van der Waals surface area contributed by atoms with Crippen molar-refractivity contribution >= 4 is 29.1 Å². The third kappa shape index (κ3) is 4.52. The minimum Gasteiger partial charge on any atom is -0.352 e. The third-order valence-corrected chi connectivity index (χ3v) is 5.03. The molecule has 0 aliphatic heterocycles. The highest BCUT2D eigenvalue weighted by Crippen LogP contribution is 2.24. The summed E-state index contributed by atoms with van der Waals surface area (Å²) in [4.78, 5) is 12.7. The number of amides is 1. The average molecular weight is 402 g/mol. The van der Waals surface area contributed by atoms with Gasteiger partial charge in [-0.2, -0.15) is 5.10 Å². The zero-order chi connectivity index (χ0) is 19.2. The van der Waals surface area contributed by atoms with E-state index in [0.29, 0.717) is 28.6 Å². The molecule has 0 aliphatic rings. The van der Waals surface area contributed by atoms with E-state index in [9.17, 15) is 4.79 Å². The molecule has 4 nitrogen and oxygen atoms in total. The first kappa shape index (κ1) is 19.5. The molecule has 0 unspecified atom stereocenters. The van der Waals surface area contributed by atoms with Gasteiger partial charge in [0, 0.05) is 16.6 Å². The second-order valence-electron chi connectivity index (χ2n) is 6.21. The Labute approximate surface area is 169 Å². The first-order valence-electron chi connectivity index (χ1n) is 8.95. The molecule has 0 aliphatic carbocycles. The monoisotopic (exact) mass is 401 g/mol. The van der Waals surface area contributed by atoms with Gasteiger partial charge >= 0.3 is 0 Å². The summed E-state index contributed by atoms with van der Waals surface area (Å²) in [5.74, 6) is -0.135. The smallest absolute Gasteiger partial charge is 0.254 e. The molecule has 0 spiro atoms. The average Bonchev–Trinajstić information content (AvgIpc) is 3.09. The van der Waals surface area contributed by atoms with E-state index in [1.165, 1.54) is 0 Å². The number of carbonyl (C=O) groups excluding carboxylic acids is 1. The number of benzene rings is 2. The Morgan fingerprint density at radius 1 is 1.04 bits per heavy atom. The highest BCUT2D eigenvalue weighted by molar-refractivity contribution is 6.36. The van der Waals surface area contributed by atoms with Gasteiger partial charge in [-0.3, -0.25) is 4.79 Å². The van der Waals surface area contributed by atoms with E-state index in [4.69, 9.17) is 23.2 Å². The van der Waals surface area contributed by atoms with Crippen LogP contribution in [0.4, 0.5) is 0 Å². The van der Waals surface area contributed by atoms with Crippen molar-refractivity contribution < 1.29 is 4.79 Å². The zero-order valence-electron chi connectivity index (χ0n) is 15.1. The largest absolute Gasteiger partial charge is 0.352 e. The Morgan fingerprint density at radius 2 is 1.74 bits per heavy atom. The predicted molar refractivity (Wildman–Crippen MR) is 110 cm³/mol. The van der Waals surface area contributed by atoms with E-state index in [0.717, 1.165) is 29.8 Å². The summed E-state index contributed by atoms with van der Waals surface area (Å²) in [6.45, 7) is 2.54. The first-order chi connectivity index (χ1) is 13.1. The molecular formula is C21H21Cl2N3O. The lowest BCUT2D eigenvalue weighted by molar-refractivity contribution is 0.0953. The minimum atomic E-state index is -0.135. The molecule has 3 aromatic rings. The number of rotatable bonds is 7. The normalized spacial score (nSPS) is 10.8. The van der Waals surface area contributed by atoms with Crippen molar-refractivity contribution in [1.82, 2.24) is 15.1 Å². The Hall–Kier alpha value is -2.30. The minimum absolute atomic E-state index is 0.135. The molecule has 1 amide bonds. The highest BCUT2D eigenvalue weighted by Gasteiger charge is 2.17. The molecule has 0 saturated heterocycles. The summed E-state index contributed by atoms with van der Waals surface area (Å²) in [5, 5.41) is 8.61. The van der Waals surface area contributed by atoms with Crippen LogP contribution < -0.4 is 5.32 Å². The van der Waals surface area contributed by atoms with Crippen molar-refractivity contribution in [3.63, 3.8) is 0 Å². The van der Waals surface area contributed by atoms with Crippen LogP contribution in [-0.4, -0.2) is 22.2 Å². The topological polar surface area (TPSA) is 46.9 Å². The first-order valence-corrected chi connectivity index (χ1v) is 9.70. The molecule has 3 rings (SSSR count). The molecule has 1 heterocycles. The Balaban J connectivity index is 1.74. The maximum Gasteiger partial charge on any atom is 0.254 e. The van der Waals surface area contributed by atoms with Crippen molar-refractivity contribution in [2.24, 2.45) is 0 Å². The van der Waals surface area contributed by atoms with Crippen molar-refractivity contribution in [3.8, 4) is 5.69 Å². The number of nitrogens with one attached hydrogen (secondary N) is 1. The third-order valence-electron chi connectivity index (χ3n) is 4.32. The lowest BCUT2D eigenvalue weighted by Crippen LogP contribution is -2.26. The number of nitrogens with zero attached hydrogens (tertiary/aromatic N) is 2. The van der Waals surface area contributed by atoms with Crippen LogP contribution in [0.3, 0.4) is 0 Å².